The molecule has 0 saturated heterocycles. The van der Waals surface area contributed by atoms with Crippen LogP contribution in [0.4, 0.5) is 0 Å². The third-order valence-electron chi connectivity index (χ3n) is 1.02. The smallest absolute Gasteiger partial charge is 0.229 e. The first kappa shape index (κ1) is 10.1. The fourth-order valence-corrected chi connectivity index (χ4v) is 1.92. The summed E-state index contributed by atoms with van der Waals surface area (Å²) in [4.78, 5) is 0. The quantitative estimate of drug-likeness (QED) is 0.663. The maximum Gasteiger partial charge on any atom is 0.280 e. The van der Waals surface area contributed by atoms with E-state index in [0.29, 0.717) is 0 Å². The second-order valence-corrected chi connectivity index (χ2v) is 5.16. The van der Waals surface area contributed by atoms with Crippen molar-refractivity contribution in [2.75, 3.05) is 0 Å². The summed E-state index contributed by atoms with van der Waals surface area (Å²) < 4.78 is 25.2. The zero-order chi connectivity index (χ0) is 10.1. The third kappa shape index (κ3) is 2.74. The van der Waals surface area contributed by atoms with Gasteiger partial charge in [0.05, 0.1) is 0 Å². The summed E-state index contributed by atoms with van der Waals surface area (Å²) in [6.07, 6.45) is 0. The number of hydrogen-bond donors (Lipinski definition) is 2. The fourth-order valence-electron chi connectivity index (χ4n) is 0.716. The number of hydrogen-bond acceptors (Lipinski definition) is 5. The molecule has 1 rings (SSSR count). The Bertz CT molecular complexity index is 362. The average molecular weight is 205 g/mol. The molecule has 1 aromatic rings. The van der Waals surface area contributed by atoms with E-state index in [1.165, 1.54) is 0 Å². The van der Waals surface area contributed by atoms with Gasteiger partial charge in [-0.05, 0) is 31.2 Å². The summed E-state index contributed by atoms with van der Waals surface area (Å²) in [6, 6.07) is 0. The van der Waals surface area contributed by atoms with E-state index in [4.69, 9.17) is 0 Å². The fraction of sp³-hybridized carbons (Fsp3) is 0.800. The minimum Gasteiger partial charge on any atom is -0.229 e. The topological polar surface area (TPSA) is 101 Å². The number of aromatic nitrogens is 4. The lowest BCUT2D eigenvalue weighted by atomic mass is 10.1. The molecule has 0 aliphatic rings. The van der Waals surface area contributed by atoms with Crippen LogP contribution in [0.5, 0.6) is 0 Å². The van der Waals surface area contributed by atoms with E-state index in [1.54, 1.807) is 20.8 Å². The van der Waals surface area contributed by atoms with Crippen molar-refractivity contribution in [3.63, 3.8) is 0 Å². The molecule has 0 spiro atoms. The van der Waals surface area contributed by atoms with Crippen LogP contribution >= 0.6 is 0 Å². The van der Waals surface area contributed by atoms with E-state index in [2.05, 4.69) is 25.3 Å². The van der Waals surface area contributed by atoms with Crippen molar-refractivity contribution in [1.29, 1.82) is 0 Å². The van der Waals surface area contributed by atoms with Crippen molar-refractivity contribution in [3.05, 3.63) is 0 Å². The normalized spacial score (nSPS) is 13.2. The molecule has 0 fully saturated rings. The highest BCUT2D eigenvalue weighted by atomic mass is 32.2. The van der Waals surface area contributed by atoms with Gasteiger partial charge in [-0.3, -0.25) is 0 Å². The van der Waals surface area contributed by atoms with Gasteiger partial charge in [0, 0.05) is 5.54 Å². The van der Waals surface area contributed by atoms with Gasteiger partial charge in [-0.2, -0.15) is 0 Å². The van der Waals surface area contributed by atoms with Crippen LogP contribution in [-0.2, 0) is 10.0 Å². The lowest BCUT2D eigenvalue weighted by Crippen LogP contribution is -2.40. The molecule has 0 radical (unpaired) electrons. The zero-order valence-corrected chi connectivity index (χ0v) is 8.38. The van der Waals surface area contributed by atoms with Crippen molar-refractivity contribution >= 4 is 10.0 Å². The van der Waals surface area contributed by atoms with E-state index in [0.717, 1.165) is 0 Å². The van der Waals surface area contributed by atoms with Gasteiger partial charge in [-0.25, -0.2) is 18.2 Å². The van der Waals surface area contributed by atoms with Gasteiger partial charge in [-0.15, -0.1) is 0 Å². The van der Waals surface area contributed by atoms with Crippen LogP contribution in [0, 0.1) is 0 Å². The summed E-state index contributed by atoms with van der Waals surface area (Å²) in [5, 5.41) is 11.6. The highest BCUT2D eigenvalue weighted by molar-refractivity contribution is 7.89. The van der Waals surface area contributed by atoms with Crippen molar-refractivity contribution < 1.29 is 8.42 Å². The Hall–Kier alpha value is -1.02. The van der Waals surface area contributed by atoms with E-state index in [9.17, 15) is 8.42 Å². The van der Waals surface area contributed by atoms with Crippen molar-refractivity contribution in [2.24, 2.45) is 0 Å². The first-order valence-electron chi connectivity index (χ1n) is 3.59. The molecule has 7 nitrogen and oxygen atoms in total. The Kier molecular flexibility index (Phi) is 2.35. The van der Waals surface area contributed by atoms with Crippen LogP contribution in [0.1, 0.15) is 20.8 Å². The Morgan fingerprint density at radius 2 is 2.00 bits per heavy atom. The maximum atomic E-state index is 11.4. The number of sulfonamides is 1. The molecule has 0 saturated carbocycles. The highest BCUT2D eigenvalue weighted by Crippen LogP contribution is 2.06. The minimum atomic E-state index is -3.62. The standard InChI is InChI=1S/C5H11N5O2S/c1-5(2,3)8-13(11,12)4-6-9-10-7-4/h8H,1-3H3,(H,6,7,9,10). The molecular weight excluding hydrogens is 194 g/mol. The van der Waals surface area contributed by atoms with Gasteiger partial charge in [0.15, 0.2) is 0 Å². The van der Waals surface area contributed by atoms with Gasteiger partial charge in [0.1, 0.15) is 0 Å². The zero-order valence-electron chi connectivity index (χ0n) is 7.57. The van der Waals surface area contributed by atoms with Gasteiger partial charge in [-0.1, -0.05) is 5.10 Å². The predicted molar refractivity (Wildman–Crippen MR) is 44.3 cm³/mol. The van der Waals surface area contributed by atoms with Crippen LogP contribution in [0.3, 0.4) is 0 Å². The van der Waals surface area contributed by atoms with E-state index < -0.39 is 15.6 Å². The number of rotatable bonds is 2. The molecule has 0 atom stereocenters. The van der Waals surface area contributed by atoms with Crippen LogP contribution < -0.4 is 4.72 Å². The van der Waals surface area contributed by atoms with Crippen molar-refractivity contribution in [1.82, 2.24) is 25.3 Å². The van der Waals surface area contributed by atoms with Crippen LogP contribution in [0.15, 0.2) is 5.16 Å². The molecule has 1 aromatic heterocycles. The first-order valence-corrected chi connectivity index (χ1v) is 5.07. The summed E-state index contributed by atoms with van der Waals surface area (Å²) in [5.41, 5.74) is -0.550. The molecule has 0 aliphatic carbocycles. The van der Waals surface area contributed by atoms with E-state index in [1.807, 2.05) is 0 Å². The molecule has 8 heteroatoms. The SMILES string of the molecule is CC(C)(C)NS(=O)(=O)c1nnn[nH]1. The van der Waals surface area contributed by atoms with Gasteiger partial charge >= 0.3 is 0 Å². The van der Waals surface area contributed by atoms with E-state index >= 15 is 0 Å². The number of nitrogens with one attached hydrogen (secondary N) is 2. The maximum absolute atomic E-state index is 11.4. The molecule has 0 bridgehead atoms. The van der Waals surface area contributed by atoms with Crippen molar-refractivity contribution in [3.8, 4) is 0 Å². The summed E-state index contributed by atoms with van der Waals surface area (Å²) >= 11 is 0. The predicted octanol–water partition coefficient (Wildman–Crippen LogP) is -0.724. The molecule has 0 unspecified atom stereocenters. The molecule has 13 heavy (non-hydrogen) atoms. The summed E-state index contributed by atoms with van der Waals surface area (Å²) in [5.74, 6) is 0. The summed E-state index contributed by atoms with van der Waals surface area (Å²) in [6.45, 7) is 5.19. The highest BCUT2D eigenvalue weighted by Gasteiger charge is 2.24. The number of aromatic amines is 1. The molecule has 2 N–H and O–H groups in total. The molecule has 0 aliphatic heterocycles. The van der Waals surface area contributed by atoms with Crippen LogP contribution in [0.25, 0.3) is 0 Å². The van der Waals surface area contributed by atoms with E-state index in [-0.39, 0.29) is 5.16 Å². The summed E-state index contributed by atoms with van der Waals surface area (Å²) in [7, 11) is -3.62. The molecule has 0 amide bonds. The largest absolute Gasteiger partial charge is 0.280 e. The third-order valence-corrected chi connectivity index (χ3v) is 2.58. The molecule has 1 heterocycles. The molecule has 74 valence electrons. The van der Waals surface area contributed by atoms with Crippen LogP contribution in [-0.4, -0.2) is 34.6 Å². The monoisotopic (exact) mass is 205 g/mol. The lowest BCUT2D eigenvalue weighted by molar-refractivity contribution is 0.487. The number of H-pyrrole nitrogens is 1. The lowest BCUT2D eigenvalue weighted by Gasteiger charge is -2.18. The van der Waals surface area contributed by atoms with Gasteiger partial charge in [0.2, 0.25) is 0 Å². The molecule has 0 aromatic carbocycles. The van der Waals surface area contributed by atoms with Crippen LogP contribution in [0.2, 0.25) is 0 Å². The Morgan fingerprint density at radius 3 is 2.38 bits per heavy atom. The number of nitrogens with zero attached hydrogens (tertiary/aromatic N) is 3. The average Bonchev–Trinajstić information content (AvgIpc) is 2.29. The second-order valence-electron chi connectivity index (χ2n) is 3.56. The van der Waals surface area contributed by atoms with Gasteiger partial charge in [0.25, 0.3) is 15.2 Å². The van der Waals surface area contributed by atoms with Gasteiger partial charge < -0.3 is 0 Å². The Labute approximate surface area is 76.0 Å². The Balaban J connectivity index is 2.93. The Morgan fingerprint density at radius 1 is 1.38 bits per heavy atom. The van der Waals surface area contributed by atoms with Crippen molar-refractivity contribution in [2.45, 2.75) is 31.5 Å². The minimum absolute atomic E-state index is 0.276. The molecular formula is C5H11N5O2S. The second kappa shape index (κ2) is 3.04. The number of tetrazole rings is 1. The first-order chi connectivity index (χ1) is 5.81.